The summed E-state index contributed by atoms with van der Waals surface area (Å²) in [6.45, 7) is -0.121. The summed E-state index contributed by atoms with van der Waals surface area (Å²) in [7, 11) is 0. The molecular formula is C19H13Cl2F4N3O3. The van der Waals surface area contributed by atoms with E-state index >= 15 is 0 Å². The van der Waals surface area contributed by atoms with Crippen molar-refractivity contribution in [1.29, 1.82) is 0 Å². The maximum atomic E-state index is 14.1. The number of anilines is 1. The minimum Gasteiger partial charge on any atom is -0.363 e. The maximum absolute atomic E-state index is 14.1. The van der Waals surface area contributed by atoms with Crippen molar-refractivity contribution in [2.24, 2.45) is 0 Å². The molecule has 164 valence electrons. The van der Waals surface area contributed by atoms with E-state index in [1.807, 2.05) is 0 Å². The number of nitrogens with zero attached hydrogens (tertiary/aromatic N) is 3. The Morgan fingerprint density at radius 3 is 2.13 bits per heavy atom. The molecule has 12 heteroatoms. The molecule has 0 N–H and O–H groups in total. The quantitative estimate of drug-likeness (QED) is 0.158. The highest BCUT2D eigenvalue weighted by atomic mass is 35.5. The normalized spacial score (nSPS) is 14.4. The smallest absolute Gasteiger partial charge is 0.288 e. The van der Waals surface area contributed by atoms with Gasteiger partial charge in [-0.3, -0.25) is 14.9 Å². The average Bonchev–Trinajstić information content (AvgIpc) is 2.76. The Kier molecular flexibility index (Phi) is 6.71. The Hall–Kier alpha value is -2.85. The topological polar surface area (TPSA) is 66.7 Å². The molecule has 0 unspecified atom stereocenters. The van der Waals surface area contributed by atoms with E-state index in [2.05, 4.69) is 0 Å². The zero-order valence-corrected chi connectivity index (χ0v) is 17.1. The summed E-state index contributed by atoms with van der Waals surface area (Å²) in [6.07, 6.45) is 2.55. The molecule has 1 fully saturated rings. The number of rotatable bonds is 4. The fourth-order valence-corrected chi connectivity index (χ4v) is 3.42. The summed E-state index contributed by atoms with van der Waals surface area (Å²) in [5.74, 6) is -7.03. The summed E-state index contributed by atoms with van der Waals surface area (Å²) >= 11 is 11.0. The average molecular weight is 478 g/mol. The van der Waals surface area contributed by atoms with Gasteiger partial charge in [0, 0.05) is 38.3 Å². The number of hydrogen-bond acceptors (Lipinski definition) is 4. The van der Waals surface area contributed by atoms with Crippen LogP contribution in [0.25, 0.3) is 6.08 Å². The molecule has 1 aliphatic heterocycles. The molecule has 0 aliphatic carbocycles. The monoisotopic (exact) mass is 477 g/mol. The molecule has 3 rings (SSSR count). The molecule has 0 aromatic heterocycles. The van der Waals surface area contributed by atoms with Gasteiger partial charge in [0.15, 0.2) is 23.3 Å². The first kappa shape index (κ1) is 22.8. The predicted molar refractivity (Wildman–Crippen MR) is 107 cm³/mol. The van der Waals surface area contributed by atoms with Crippen LogP contribution in [0.1, 0.15) is 5.56 Å². The summed E-state index contributed by atoms with van der Waals surface area (Å²) in [6, 6.07) is 4.03. The van der Waals surface area contributed by atoms with E-state index in [0.717, 1.165) is 4.90 Å². The molecule has 0 bridgehead atoms. The number of hydrogen-bond donors (Lipinski definition) is 0. The first-order valence-corrected chi connectivity index (χ1v) is 9.54. The fourth-order valence-electron chi connectivity index (χ4n) is 3.07. The Morgan fingerprint density at radius 2 is 1.58 bits per heavy atom. The Bertz CT molecular complexity index is 1060. The van der Waals surface area contributed by atoms with E-state index < -0.39 is 44.8 Å². The van der Waals surface area contributed by atoms with Gasteiger partial charge in [-0.15, -0.1) is 0 Å². The molecule has 1 saturated heterocycles. The standard InChI is InChI=1S/C19H13Cl2F4N3O3/c20-11-3-1-10(9-12(11)28(30)31)2-4-13(29)26-5-7-27(8-6-26)19-17(24)15(22)14(21)16(23)18(19)25/h1-4,9H,5-8H2/b4-2+. The molecule has 0 atom stereocenters. The van der Waals surface area contributed by atoms with Crippen LogP contribution < -0.4 is 4.90 Å². The highest BCUT2D eigenvalue weighted by Crippen LogP contribution is 2.34. The number of halogens is 6. The van der Waals surface area contributed by atoms with Gasteiger partial charge in [-0.1, -0.05) is 29.3 Å². The molecule has 2 aromatic carbocycles. The van der Waals surface area contributed by atoms with Gasteiger partial charge in [0.25, 0.3) is 5.69 Å². The lowest BCUT2D eigenvalue weighted by Gasteiger charge is -2.36. The van der Waals surface area contributed by atoms with Crippen molar-refractivity contribution in [3.8, 4) is 0 Å². The third kappa shape index (κ3) is 4.59. The number of nitro groups is 1. The largest absolute Gasteiger partial charge is 0.363 e. The summed E-state index contributed by atoms with van der Waals surface area (Å²) in [5.41, 5.74) is -0.814. The number of carbonyl (C=O) groups excluding carboxylic acids is 1. The lowest BCUT2D eigenvalue weighted by atomic mass is 10.1. The van der Waals surface area contributed by atoms with Crippen molar-refractivity contribution in [2.45, 2.75) is 0 Å². The first-order chi connectivity index (χ1) is 14.6. The van der Waals surface area contributed by atoms with E-state index in [4.69, 9.17) is 23.2 Å². The van der Waals surface area contributed by atoms with Crippen LogP contribution in [0.5, 0.6) is 0 Å². The van der Waals surface area contributed by atoms with Crippen LogP contribution in [-0.2, 0) is 4.79 Å². The number of piperazine rings is 1. The fraction of sp³-hybridized carbons (Fsp3) is 0.211. The van der Waals surface area contributed by atoms with Crippen LogP contribution in [0.2, 0.25) is 10.0 Å². The third-order valence-corrected chi connectivity index (χ3v) is 5.33. The van der Waals surface area contributed by atoms with Gasteiger partial charge in [0.2, 0.25) is 5.91 Å². The molecule has 0 radical (unpaired) electrons. The second-order valence-electron chi connectivity index (χ2n) is 6.53. The second-order valence-corrected chi connectivity index (χ2v) is 7.32. The van der Waals surface area contributed by atoms with Crippen LogP contribution in [0.15, 0.2) is 24.3 Å². The number of benzene rings is 2. The van der Waals surface area contributed by atoms with Gasteiger partial charge in [-0.2, -0.15) is 0 Å². The minimum absolute atomic E-state index is 0.0225. The number of amides is 1. The minimum atomic E-state index is -1.69. The van der Waals surface area contributed by atoms with E-state index in [0.29, 0.717) is 5.56 Å². The Labute approximate surface area is 183 Å². The number of carbonyl (C=O) groups is 1. The molecular weight excluding hydrogens is 465 g/mol. The summed E-state index contributed by atoms with van der Waals surface area (Å²) in [4.78, 5) is 25.1. The van der Waals surface area contributed by atoms with Crippen molar-refractivity contribution in [2.75, 3.05) is 31.1 Å². The van der Waals surface area contributed by atoms with Gasteiger partial charge in [0.05, 0.1) is 4.92 Å². The van der Waals surface area contributed by atoms with Gasteiger partial charge in [-0.05, 0) is 17.7 Å². The van der Waals surface area contributed by atoms with Crippen molar-refractivity contribution in [3.63, 3.8) is 0 Å². The Morgan fingerprint density at radius 1 is 1.00 bits per heavy atom. The highest BCUT2D eigenvalue weighted by Gasteiger charge is 2.30. The third-order valence-electron chi connectivity index (χ3n) is 4.68. The van der Waals surface area contributed by atoms with Crippen LogP contribution in [-0.4, -0.2) is 41.9 Å². The summed E-state index contributed by atoms with van der Waals surface area (Å²) in [5, 5.41) is 9.62. The van der Waals surface area contributed by atoms with Gasteiger partial charge in [-0.25, -0.2) is 17.6 Å². The van der Waals surface area contributed by atoms with E-state index in [9.17, 15) is 32.5 Å². The molecule has 1 aliphatic rings. The van der Waals surface area contributed by atoms with E-state index in [-0.39, 0.29) is 36.9 Å². The van der Waals surface area contributed by atoms with Gasteiger partial charge >= 0.3 is 0 Å². The van der Waals surface area contributed by atoms with E-state index in [1.165, 1.54) is 35.3 Å². The molecule has 2 aromatic rings. The van der Waals surface area contributed by atoms with E-state index in [1.54, 1.807) is 0 Å². The molecule has 1 heterocycles. The molecule has 31 heavy (non-hydrogen) atoms. The molecule has 0 spiro atoms. The predicted octanol–water partition coefficient (Wildman–Crippen LogP) is 4.82. The van der Waals surface area contributed by atoms with Crippen molar-refractivity contribution in [3.05, 3.63) is 73.3 Å². The lowest BCUT2D eigenvalue weighted by Crippen LogP contribution is -2.49. The second kappa shape index (κ2) is 9.11. The molecule has 1 amide bonds. The van der Waals surface area contributed by atoms with Crippen molar-refractivity contribution in [1.82, 2.24) is 4.90 Å². The lowest BCUT2D eigenvalue weighted by molar-refractivity contribution is -0.384. The Balaban J connectivity index is 1.69. The SMILES string of the molecule is O=C(/C=C/c1ccc(Cl)c([N+](=O)[O-])c1)N1CCN(c2c(F)c(F)c(Cl)c(F)c2F)CC1. The molecule has 0 saturated carbocycles. The number of nitro benzene ring substituents is 1. The van der Waals surface area contributed by atoms with Crippen LogP contribution in [0.4, 0.5) is 28.9 Å². The zero-order valence-electron chi connectivity index (χ0n) is 15.5. The van der Waals surface area contributed by atoms with Crippen molar-refractivity contribution >= 4 is 46.6 Å². The van der Waals surface area contributed by atoms with Crippen molar-refractivity contribution < 1.29 is 27.3 Å². The van der Waals surface area contributed by atoms with Crippen LogP contribution in [0.3, 0.4) is 0 Å². The molecule has 6 nitrogen and oxygen atoms in total. The maximum Gasteiger partial charge on any atom is 0.288 e. The van der Waals surface area contributed by atoms with Gasteiger partial charge in [0.1, 0.15) is 15.7 Å². The van der Waals surface area contributed by atoms with Crippen LogP contribution in [0, 0.1) is 33.4 Å². The highest BCUT2D eigenvalue weighted by molar-refractivity contribution is 6.32. The zero-order chi connectivity index (χ0) is 22.9. The van der Waals surface area contributed by atoms with Crippen LogP contribution >= 0.6 is 23.2 Å². The summed E-state index contributed by atoms with van der Waals surface area (Å²) < 4.78 is 55.6. The first-order valence-electron chi connectivity index (χ1n) is 8.79. The van der Waals surface area contributed by atoms with Gasteiger partial charge < -0.3 is 9.80 Å².